The molecule has 0 aliphatic carbocycles. The fourth-order valence-corrected chi connectivity index (χ4v) is 2.54. The molecule has 3 N–H and O–H groups in total. The zero-order valence-electron chi connectivity index (χ0n) is 10.2. The van der Waals surface area contributed by atoms with Gasteiger partial charge in [-0.2, -0.15) is 0 Å². The van der Waals surface area contributed by atoms with Crippen LogP contribution in [0.3, 0.4) is 0 Å². The van der Waals surface area contributed by atoms with Crippen molar-refractivity contribution in [2.45, 2.75) is 0 Å². The number of primary amides is 1. The summed E-state index contributed by atoms with van der Waals surface area (Å²) in [6, 6.07) is 5.47. The third-order valence-electron chi connectivity index (χ3n) is 3.03. The smallest absolute Gasteiger partial charge is 0.268 e. The molecule has 100 valence electrons. The van der Waals surface area contributed by atoms with Gasteiger partial charge in [-0.05, 0) is 30.4 Å². The minimum Gasteiger partial charge on any atom is -0.364 e. The van der Waals surface area contributed by atoms with E-state index in [1.165, 1.54) is 6.20 Å². The third kappa shape index (κ3) is 1.99. The summed E-state index contributed by atoms with van der Waals surface area (Å²) in [5.41, 5.74) is 7.94. The van der Waals surface area contributed by atoms with Gasteiger partial charge in [0.25, 0.3) is 5.91 Å². The molecule has 2 aliphatic heterocycles. The summed E-state index contributed by atoms with van der Waals surface area (Å²) in [5, 5.41) is 10.9. The molecule has 5 nitrogen and oxygen atoms in total. The topological polar surface area (TPSA) is 78.9 Å². The third-order valence-corrected chi connectivity index (χ3v) is 3.52. The molecule has 0 radical (unpaired) electrons. The van der Waals surface area contributed by atoms with Gasteiger partial charge in [-0.15, -0.1) is 0 Å². The Morgan fingerprint density at radius 3 is 2.85 bits per heavy atom. The summed E-state index contributed by atoms with van der Waals surface area (Å²) in [6.07, 6.45) is 6.63. The second-order valence-corrected chi connectivity index (χ2v) is 5.21. The number of carbonyl (C=O) groups is 1. The monoisotopic (exact) mass is 331 g/mol. The molecular weight excluding hydrogens is 322 g/mol. The van der Waals surface area contributed by atoms with E-state index in [4.69, 9.17) is 5.73 Å². The fourth-order valence-electron chi connectivity index (χ4n) is 2.18. The molecule has 0 aromatic heterocycles. The number of nitrogens with zero attached hydrogens (tertiary/aromatic N) is 2. The second-order valence-electron chi connectivity index (χ2n) is 4.29. The lowest BCUT2D eigenvalue weighted by Gasteiger charge is -2.19. The van der Waals surface area contributed by atoms with E-state index < -0.39 is 5.91 Å². The van der Waals surface area contributed by atoms with Gasteiger partial charge in [-0.3, -0.25) is 10.0 Å². The van der Waals surface area contributed by atoms with Crippen LogP contribution in [-0.4, -0.2) is 21.9 Å². The number of carbonyl (C=O) groups excluding carboxylic acids is 1. The maximum atomic E-state index is 11.6. The van der Waals surface area contributed by atoms with Crippen molar-refractivity contribution in [1.29, 1.82) is 0 Å². The minimum atomic E-state index is -0.629. The highest BCUT2D eigenvalue weighted by Gasteiger charge is 2.29. The van der Waals surface area contributed by atoms with E-state index in [0.29, 0.717) is 17.0 Å². The van der Waals surface area contributed by atoms with Crippen LogP contribution >= 0.6 is 15.9 Å². The predicted octanol–water partition coefficient (Wildman–Crippen LogP) is 2.51. The van der Waals surface area contributed by atoms with Crippen molar-refractivity contribution >= 4 is 38.8 Å². The lowest BCUT2D eigenvalue weighted by molar-refractivity contribution is -0.111. The summed E-state index contributed by atoms with van der Waals surface area (Å²) < 4.78 is 0.857. The second kappa shape index (κ2) is 4.73. The number of benzene rings is 1. The fraction of sp³-hybridized carbons (Fsp3) is 0. The highest BCUT2D eigenvalue weighted by Crippen LogP contribution is 2.39. The molecule has 3 rings (SSSR count). The Morgan fingerprint density at radius 1 is 1.35 bits per heavy atom. The number of hydrogen-bond donors (Lipinski definition) is 2. The first kappa shape index (κ1) is 12.8. The molecule has 6 heteroatoms. The van der Waals surface area contributed by atoms with E-state index in [-0.39, 0.29) is 5.71 Å². The number of hydrogen-bond acceptors (Lipinski definition) is 4. The van der Waals surface area contributed by atoms with E-state index >= 15 is 0 Å². The van der Waals surface area contributed by atoms with E-state index in [2.05, 4.69) is 20.9 Å². The minimum absolute atomic E-state index is 0.145. The van der Waals surface area contributed by atoms with Crippen molar-refractivity contribution in [2.24, 2.45) is 10.7 Å². The molecule has 0 bridgehead atoms. The van der Waals surface area contributed by atoms with E-state index in [9.17, 15) is 10.0 Å². The van der Waals surface area contributed by atoms with Crippen molar-refractivity contribution in [1.82, 2.24) is 5.06 Å². The lowest BCUT2D eigenvalue weighted by atomic mass is 9.99. The SMILES string of the molecule is NC(=O)C1=Nc2ccc(Br)cc2C1=C1C=CC=CN1O. The number of aliphatic imine (C=N–C) groups is 1. The van der Waals surface area contributed by atoms with Gasteiger partial charge in [0.15, 0.2) is 0 Å². The largest absolute Gasteiger partial charge is 0.364 e. The molecule has 0 saturated heterocycles. The summed E-state index contributed by atoms with van der Waals surface area (Å²) >= 11 is 3.39. The zero-order chi connectivity index (χ0) is 14.3. The average molecular weight is 332 g/mol. The Bertz CT molecular complexity index is 732. The number of nitrogens with two attached hydrogens (primary N) is 1. The highest BCUT2D eigenvalue weighted by molar-refractivity contribution is 9.10. The molecule has 20 heavy (non-hydrogen) atoms. The van der Waals surface area contributed by atoms with Gasteiger partial charge in [-0.1, -0.05) is 22.0 Å². The number of fused-ring (bicyclic) bond motifs is 1. The Hall–Kier alpha value is -2.18. The number of rotatable bonds is 1. The number of allylic oxidation sites excluding steroid dienone is 3. The van der Waals surface area contributed by atoms with Crippen LogP contribution in [-0.2, 0) is 4.79 Å². The molecule has 0 fully saturated rings. The molecule has 2 aliphatic rings. The predicted molar refractivity (Wildman–Crippen MR) is 79.3 cm³/mol. The van der Waals surface area contributed by atoms with Crippen LogP contribution in [0.5, 0.6) is 0 Å². The van der Waals surface area contributed by atoms with Crippen LogP contribution < -0.4 is 5.73 Å². The van der Waals surface area contributed by atoms with Crippen LogP contribution in [0.4, 0.5) is 5.69 Å². The van der Waals surface area contributed by atoms with Gasteiger partial charge in [0.05, 0.1) is 11.4 Å². The van der Waals surface area contributed by atoms with Crippen molar-refractivity contribution in [2.75, 3.05) is 0 Å². The van der Waals surface area contributed by atoms with Crippen molar-refractivity contribution in [3.63, 3.8) is 0 Å². The van der Waals surface area contributed by atoms with Gasteiger partial charge in [0.1, 0.15) is 5.71 Å². The standard InChI is InChI=1S/C14H10BrN3O2/c15-8-4-5-10-9(7-8)12(13(17-10)14(16)19)11-3-1-2-6-18(11)20/h1-7,20H,(H2,16,19). The summed E-state index contributed by atoms with van der Waals surface area (Å²) in [4.78, 5) is 15.9. The first-order valence-electron chi connectivity index (χ1n) is 5.84. The van der Waals surface area contributed by atoms with Crippen LogP contribution in [0.2, 0.25) is 0 Å². The quantitative estimate of drug-likeness (QED) is 0.829. The lowest BCUT2D eigenvalue weighted by Crippen LogP contribution is -2.25. The van der Waals surface area contributed by atoms with Gasteiger partial charge in [0, 0.05) is 21.8 Å². The molecule has 1 amide bonds. The number of hydroxylamine groups is 2. The van der Waals surface area contributed by atoms with E-state index in [0.717, 1.165) is 15.1 Å². The van der Waals surface area contributed by atoms with Gasteiger partial charge >= 0.3 is 0 Å². The summed E-state index contributed by atoms with van der Waals surface area (Å²) in [5.74, 6) is -0.629. The van der Waals surface area contributed by atoms with Crippen molar-refractivity contribution < 1.29 is 10.0 Å². The van der Waals surface area contributed by atoms with E-state index in [1.807, 2.05) is 12.1 Å². The Labute approximate surface area is 123 Å². The first-order chi connectivity index (χ1) is 9.58. The van der Waals surface area contributed by atoms with Crippen molar-refractivity contribution in [3.8, 4) is 0 Å². The molecule has 0 saturated carbocycles. The Morgan fingerprint density at radius 2 is 2.15 bits per heavy atom. The molecule has 1 aromatic carbocycles. The maximum Gasteiger partial charge on any atom is 0.268 e. The maximum absolute atomic E-state index is 11.6. The highest BCUT2D eigenvalue weighted by atomic mass is 79.9. The average Bonchev–Trinajstić information content (AvgIpc) is 2.78. The van der Waals surface area contributed by atoms with Crippen molar-refractivity contribution in [3.05, 3.63) is 58.4 Å². The summed E-state index contributed by atoms with van der Waals surface area (Å²) in [6.45, 7) is 0. The Balaban J connectivity index is 2.28. The van der Waals surface area contributed by atoms with Crippen LogP contribution in [0.25, 0.3) is 5.57 Å². The first-order valence-corrected chi connectivity index (χ1v) is 6.63. The molecule has 0 atom stereocenters. The van der Waals surface area contributed by atoms with Gasteiger partial charge in [-0.25, -0.2) is 10.1 Å². The molecular formula is C14H10BrN3O2. The van der Waals surface area contributed by atoms with Crippen LogP contribution in [0.15, 0.2) is 57.8 Å². The molecule has 0 unspecified atom stereocenters. The molecule has 2 heterocycles. The summed E-state index contributed by atoms with van der Waals surface area (Å²) in [7, 11) is 0. The van der Waals surface area contributed by atoms with Crippen LogP contribution in [0.1, 0.15) is 5.56 Å². The number of halogens is 1. The molecule has 0 spiro atoms. The normalized spacial score (nSPS) is 20.1. The van der Waals surface area contributed by atoms with Gasteiger partial charge in [0.2, 0.25) is 0 Å². The Kier molecular flexibility index (Phi) is 3.04. The van der Waals surface area contributed by atoms with Gasteiger partial charge < -0.3 is 5.73 Å². The van der Waals surface area contributed by atoms with Crippen LogP contribution in [0, 0.1) is 0 Å². The zero-order valence-corrected chi connectivity index (χ0v) is 11.8. The molecule has 1 aromatic rings. The van der Waals surface area contributed by atoms with E-state index in [1.54, 1.807) is 24.3 Å². The number of amides is 1.